The molecule has 0 N–H and O–H groups in total. The third-order valence-electron chi connectivity index (χ3n) is 4.88. The number of allylic oxidation sites excluding steroid dienone is 2. The van der Waals surface area contributed by atoms with Gasteiger partial charge in [0.1, 0.15) is 0 Å². The van der Waals surface area contributed by atoms with Crippen LogP contribution in [0.25, 0.3) is 12.2 Å². The van der Waals surface area contributed by atoms with Gasteiger partial charge in [-0.1, -0.05) is 84.2 Å². The molecule has 0 saturated heterocycles. The lowest BCUT2D eigenvalue weighted by atomic mass is 9.96. The third kappa shape index (κ3) is 3.69. The van der Waals surface area contributed by atoms with E-state index >= 15 is 0 Å². The Bertz CT molecular complexity index is 1320. The van der Waals surface area contributed by atoms with E-state index < -0.39 is 12.0 Å². The smallest absolute Gasteiger partial charge is 0.338 e. The molecule has 6 heteroatoms. The van der Waals surface area contributed by atoms with Gasteiger partial charge in [-0.15, -0.1) is 0 Å². The van der Waals surface area contributed by atoms with Gasteiger partial charge in [0, 0.05) is 0 Å². The van der Waals surface area contributed by atoms with E-state index in [0.29, 0.717) is 20.6 Å². The topological polar surface area (TPSA) is 60.7 Å². The quantitative estimate of drug-likeness (QED) is 0.614. The lowest BCUT2D eigenvalue weighted by Gasteiger charge is -2.24. The maximum absolute atomic E-state index is 13.3. The summed E-state index contributed by atoms with van der Waals surface area (Å²) in [5.41, 5.74) is 2.64. The van der Waals surface area contributed by atoms with Crippen molar-refractivity contribution in [1.29, 1.82) is 0 Å². The van der Waals surface area contributed by atoms with Crippen LogP contribution in [0, 0.1) is 0 Å². The van der Waals surface area contributed by atoms with Crippen LogP contribution in [0.1, 0.15) is 24.1 Å². The molecule has 1 atom stereocenters. The minimum atomic E-state index is -0.574. The molecule has 1 aromatic heterocycles. The second-order valence-electron chi connectivity index (χ2n) is 6.78. The molecule has 150 valence electrons. The van der Waals surface area contributed by atoms with Gasteiger partial charge in [0.15, 0.2) is 4.80 Å². The lowest BCUT2D eigenvalue weighted by Crippen LogP contribution is -2.39. The van der Waals surface area contributed by atoms with E-state index in [1.165, 1.54) is 18.4 Å². The first-order valence-corrected chi connectivity index (χ1v) is 10.3. The van der Waals surface area contributed by atoms with Gasteiger partial charge in [0.25, 0.3) is 5.56 Å². The fourth-order valence-electron chi connectivity index (χ4n) is 3.47. The molecule has 0 aliphatic carbocycles. The van der Waals surface area contributed by atoms with Gasteiger partial charge in [-0.2, -0.15) is 0 Å². The highest BCUT2D eigenvalue weighted by atomic mass is 32.1. The molecule has 0 fully saturated rings. The number of esters is 1. The van der Waals surface area contributed by atoms with Crippen LogP contribution in [0.5, 0.6) is 0 Å². The zero-order valence-electron chi connectivity index (χ0n) is 16.6. The average molecular weight is 417 g/mol. The van der Waals surface area contributed by atoms with Crippen molar-refractivity contribution < 1.29 is 9.53 Å². The van der Waals surface area contributed by atoms with E-state index in [1.807, 2.05) is 72.8 Å². The number of carbonyl (C=O) groups is 1. The van der Waals surface area contributed by atoms with Crippen molar-refractivity contribution in [3.05, 3.63) is 109 Å². The Morgan fingerprint density at radius 3 is 2.43 bits per heavy atom. The summed E-state index contributed by atoms with van der Waals surface area (Å²) in [6.45, 7) is 1.77. The van der Waals surface area contributed by atoms with E-state index in [1.54, 1.807) is 17.6 Å². The molecule has 0 amide bonds. The molecule has 1 aliphatic rings. The minimum absolute atomic E-state index is 0.181. The number of carbonyl (C=O) groups excluding carboxylic acids is 1. The summed E-state index contributed by atoms with van der Waals surface area (Å²) >= 11 is 1.31. The van der Waals surface area contributed by atoms with Gasteiger partial charge in [-0.25, -0.2) is 9.79 Å². The molecular weight excluding hydrogens is 396 g/mol. The predicted octanol–water partition coefficient (Wildman–Crippen LogP) is 3.07. The lowest BCUT2D eigenvalue weighted by molar-refractivity contribution is -0.136. The Balaban J connectivity index is 1.87. The molecule has 4 rings (SSSR count). The first-order chi connectivity index (χ1) is 14.6. The molecule has 0 unspecified atom stereocenters. The predicted molar refractivity (Wildman–Crippen MR) is 119 cm³/mol. The van der Waals surface area contributed by atoms with E-state index in [9.17, 15) is 9.59 Å². The van der Waals surface area contributed by atoms with Crippen molar-refractivity contribution in [3.63, 3.8) is 0 Å². The average Bonchev–Trinajstić information content (AvgIpc) is 3.08. The molecule has 0 radical (unpaired) electrons. The highest BCUT2D eigenvalue weighted by molar-refractivity contribution is 7.07. The van der Waals surface area contributed by atoms with Gasteiger partial charge in [0.05, 0.1) is 29.0 Å². The number of methoxy groups -OCH3 is 1. The number of rotatable bonds is 4. The molecule has 5 nitrogen and oxygen atoms in total. The Kier molecular flexibility index (Phi) is 5.59. The Morgan fingerprint density at radius 2 is 1.77 bits per heavy atom. The zero-order valence-corrected chi connectivity index (χ0v) is 17.4. The molecule has 0 bridgehead atoms. The fourth-order valence-corrected chi connectivity index (χ4v) is 4.47. The van der Waals surface area contributed by atoms with Gasteiger partial charge in [-0.05, 0) is 24.1 Å². The van der Waals surface area contributed by atoms with Crippen LogP contribution in [-0.2, 0) is 9.53 Å². The van der Waals surface area contributed by atoms with Crippen molar-refractivity contribution in [1.82, 2.24) is 4.57 Å². The summed E-state index contributed by atoms with van der Waals surface area (Å²) in [6, 6.07) is 18.8. The second-order valence-corrected chi connectivity index (χ2v) is 7.79. The summed E-state index contributed by atoms with van der Waals surface area (Å²) in [6.07, 6.45) is 5.58. The van der Waals surface area contributed by atoms with E-state index in [0.717, 1.165) is 11.1 Å². The SMILES string of the molecule is COC(=O)C1=C(C)N=c2sc(=C/C=C\c3ccccc3)c(=O)n2[C@@H]1c1ccccc1. The van der Waals surface area contributed by atoms with Crippen LogP contribution in [0.15, 0.2) is 87.8 Å². The number of thiazole rings is 1. The molecule has 30 heavy (non-hydrogen) atoms. The van der Waals surface area contributed by atoms with Crippen LogP contribution >= 0.6 is 11.3 Å². The number of nitrogens with zero attached hydrogens (tertiary/aromatic N) is 2. The van der Waals surface area contributed by atoms with Gasteiger partial charge < -0.3 is 4.74 Å². The minimum Gasteiger partial charge on any atom is -0.466 e. The number of benzene rings is 2. The van der Waals surface area contributed by atoms with Crippen LogP contribution < -0.4 is 14.9 Å². The number of fused-ring (bicyclic) bond motifs is 1. The molecule has 2 aromatic carbocycles. The summed E-state index contributed by atoms with van der Waals surface area (Å²) in [4.78, 5) is 30.9. The van der Waals surface area contributed by atoms with Crippen molar-refractivity contribution in [2.24, 2.45) is 4.99 Å². The monoisotopic (exact) mass is 416 g/mol. The standard InChI is InChI=1S/C24H20N2O3S/c1-16-20(23(28)29-2)21(18-13-7-4-8-14-18)26-22(27)19(30-24(26)25-16)15-9-12-17-10-5-3-6-11-17/h3-15,21H,1-2H3/b12-9-,19-15?/t21-/m1/s1. The number of ether oxygens (including phenoxy) is 1. The summed E-state index contributed by atoms with van der Waals surface area (Å²) < 4.78 is 7.14. The number of aromatic nitrogens is 1. The molecule has 3 aromatic rings. The first-order valence-electron chi connectivity index (χ1n) is 9.47. The van der Waals surface area contributed by atoms with Crippen molar-refractivity contribution in [3.8, 4) is 0 Å². The van der Waals surface area contributed by atoms with E-state index in [4.69, 9.17) is 4.74 Å². The van der Waals surface area contributed by atoms with Crippen LogP contribution in [0.4, 0.5) is 0 Å². The first kappa shape index (κ1) is 19.8. The second kappa shape index (κ2) is 8.47. The van der Waals surface area contributed by atoms with Crippen molar-refractivity contribution in [2.75, 3.05) is 7.11 Å². The number of hydrogen-bond donors (Lipinski definition) is 0. The zero-order chi connectivity index (χ0) is 21.1. The highest BCUT2D eigenvalue weighted by Gasteiger charge is 2.32. The van der Waals surface area contributed by atoms with Gasteiger partial charge in [-0.3, -0.25) is 9.36 Å². The van der Waals surface area contributed by atoms with Crippen LogP contribution in [0.3, 0.4) is 0 Å². The Morgan fingerprint density at radius 1 is 1.10 bits per heavy atom. The fraction of sp³-hybridized carbons (Fsp3) is 0.125. The van der Waals surface area contributed by atoms with Crippen molar-refractivity contribution >= 4 is 29.5 Å². The highest BCUT2D eigenvalue weighted by Crippen LogP contribution is 2.30. The van der Waals surface area contributed by atoms with Crippen molar-refractivity contribution in [2.45, 2.75) is 13.0 Å². The van der Waals surface area contributed by atoms with Crippen LogP contribution in [-0.4, -0.2) is 17.6 Å². The Labute approximate surface area is 177 Å². The molecule has 0 spiro atoms. The molecular formula is C24H20N2O3S. The van der Waals surface area contributed by atoms with Crippen LogP contribution in [0.2, 0.25) is 0 Å². The molecule has 0 saturated carbocycles. The summed E-state index contributed by atoms with van der Waals surface area (Å²) in [5.74, 6) is -0.483. The maximum Gasteiger partial charge on any atom is 0.338 e. The third-order valence-corrected chi connectivity index (χ3v) is 5.88. The van der Waals surface area contributed by atoms with E-state index in [-0.39, 0.29) is 5.56 Å². The van der Waals surface area contributed by atoms with E-state index in [2.05, 4.69) is 4.99 Å². The summed E-state index contributed by atoms with van der Waals surface area (Å²) in [5, 5.41) is 0. The Hall–Kier alpha value is -3.51. The van der Waals surface area contributed by atoms with Gasteiger partial charge in [0.2, 0.25) is 0 Å². The molecule has 2 heterocycles. The normalized spacial score (nSPS) is 16.5. The summed E-state index contributed by atoms with van der Waals surface area (Å²) in [7, 11) is 1.34. The number of hydrogen-bond acceptors (Lipinski definition) is 5. The molecule has 1 aliphatic heterocycles. The largest absolute Gasteiger partial charge is 0.466 e. The van der Waals surface area contributed by atoms with Gasteiger partial charge >= 0.3 is 5.97 Å². The maximum atomic E-state index is 13.3.